The number of unbranched alkanes of at least 4 members (excludes halogenated alkanes) is 7. The van der Waals surface area contributed by atoms with Crippen LogP contribution in [0.1, 0.15) is 105 Å². The summed E-state index contributed by atoms with van der Waals surface area (Å²) in [6.07, 6.45) is 15.5. The Bertz CT molecular complexity index is 244. The van der Waals surface area contributed by atoms with E-state index in [1.807, 2.05) is 0 Å². The van der Waals surface area contributed by atoms with Crippen LogP contribution in [-0.4, -0.2) is 22.5 Å². The molecule has 1 fully saturated rings. The second kappa shape index (κ2) is 10.1. The van der Waals surface area contributed by atoms with E-state index >= 15 is 0 Å². The van der Waals surface area contributed by atoms with Crippen molar-refractivity contribution in [2.45, 2.75) is 116 Å². The standard InChI is InChI=1S/C19H39N.ClH/c1-6-7-8-9-10-11-12-13-17-20-18(2,3)15-14-16-19(20,4)5;/h6-17H2,1-5H3;1H. The van der Waals surface area contributed by atoms with E-state index in [9.17, 15) is 0 Å². The van der Waals surface area contributed by atoms with Gasteiger partial charge in [0.25, 0.3) is 0 Å². The summed E-state index contributed by atoms with van der Waals surface area (Å²) in [5, 5.41) is 0. The minimum absolute atomic E-state index is 0. The van der Waals surface area contributed by atoms with E-state index in [0.717, 1.165) is 0 Å². The summed E-state index contributed by atoms with van der Waals surface area (Å²) < 4.78 is 0. The van der Waals surface area contributed by atoms with Gasteiger partial charge in [0.05, 0.1) is 0 Å². The van der Waals surface area contributed by atoms with E-state index in [-0.39, 0.29) is 12.4 Å². The van der Waals surface area contributed by atoms with E-state index in [2.05, 4.69) is 39.5 Å². The summed E-state index contributed by atoms with van der Waals surface area (Å²) in [7, 11) is 0. The lowest BCUT2D eigenvalue weighted by Crippen LogP contribution is -2.58. The van der Waals surface area contributed by atoms with E-state index in [1.165, 1.54) is 77.2 Å². The van der Waals surface area contributed by atoms with Gasteiger partial charge in [-0.15, -0.1) is 12.4 Å². The molecular weight excluding hydrogens is 278 g/mol. The third-order valence-corrected chi connectivity index (χ3v) is 5.27. The smallest absolute Gasteiger partial charge is 0.0158 e. The highest BCUT2D eigenvalue weighted by Crippen LogP contribution is 2.38. The van der Waals surface area contributed by atoms with Gasteiger partial charge in [0.15, 0.2) is 0 Å². The zero-order chi connectivity index (χ0) is 15.1. The van der Waals surface area contributed by atoms with Crippen LogP contribution in [-0.2, 0) is 0 Å². The van der Waals surface area contributed by atoms with Crippen molar-refractivity contribution in [1.82, 2.24) is 4.90 Å². The molecule has 1 aliphatic heterocycles. The fourth-order valence-corrected chi connectivity index (χ4v) is 4.05. The van der Waals surface area contributed by atoms with Crippen molar-refractivity contribution in [2.75, 3.05) is 6.54 Å². The summed E-state index contributed by atoms with van der Waals surface area (Å²) in [4.78, 5) is 2.79. The van der Waals surface area contributed by atoms with Gasteiger partial charge < -0.3 is 0 Å². The van der Waals surface area contributed by atoms with Gasteiger partial charge >= 0.3 is 0 Å². The number of nitrogens with zero attached hydrogens (tertiary/aromatic N) is 1. The Balaban J connectivity index is 0.00000400. The van der Waals surface area contributed by atoms with E-state index in [4.69, 9.17) is 0 Å². The van der Waals surface area contributed by atoms with Crippen molar-refractivity contribution in [3.8, 4) is 0 Å². The average molecular weight is 318 g/mol. The second-order valence-corrected chi connectivity index (χ2v) is 8.10. The Labute approximate surface area is 140 Å². The van der Waals surface area contributed by atoms with Crippen molar-refractivity contribution >= 4 is 12.4 Å². The Morgan fingerprint density at radius 1 is 0.714 bits per heavy atom. The van der Waals surface area contributed by atoms with Crippen LogP contribution in [0, 0.1) is 0 Å². The third kappa shape index (κ3) is 7.37. The van der Waals surface area contributed by atoms with Crippen LogP contribution in [0.3, 0.4) is 0 Å². The Kier molecular flexibility index (Phi) is 10.2. The quantitative estimate of drug-likeness (QED) is 0.433. The van der Waals surface area contributed by atoms with Crippen LogP contribution < -0.4 is 0 Å². The van der Waals surface area contributed by atoms with Gasteiger partial charge in [-0.05, 0) is 59.9 Å². The van der Waals surface area contributed by atoms with Crippen molar-refractivity contribution in [3.05, 3.63) is 0 Å². The molecule has 128 valence electrons. The van der Waals surface area contributed by atoms with E-state index in [1.54, 1.807) is 0 Å². The topological polar surface area (TPSA) is 3.24 Å². The molecule has 21 heavy (non-hydrogen) atoms. The minimum Gasteiger partial charge on any atom is -0.293 e. The van der Waals surface area contributed by atoms with Gasteiger partial charge in [-0.3, -0.25) is 4.90 Å². The first kappa shape index (κ1) is 21.2. The van der Waals surface area contributed by atoms with Crippen LogP contribution in [0.2, 0.25) is 0 Å². The van der Waals surface area contributed by atoms with Gasteiger partial charge in [-0.2, -0.15) is 0 Å². The first-order chi connectivity index (χ1) is 9.40. The maximum absolute atomic E-state index is 2.79. The van der Waals surface area contributed by atoms with Crippen LogP contribution in [0.5, 0.6) is 0 Å². The first-order valence-electron chi connectivity index (χ1n) is 9.18. The lowest BCUT2D eigenvalue weighted by molar-refractivity contribution is -0.0276. The zero-order valence-electron chi connectivity index (χ0n) is 15.3. The summed E-state index contributed by atoms with van der Waals surface area (Å²) in [6, 6.07) is 0. The summed E-state index contributed by atoms with van der Waals surface area (Å²) >= 11 is 0. The normalized spacial score (nSPS) is 21.0. The van der Waals surface area contributed by atoms with Gasteiger partial charge in [-0.1, -0.05) is 51.9 Å². The number of hydrogen-bond acceptors (Lipinski definition) is 1. The van der Waals surface area contributed by atoms with Crippen LogP contribution in [0.25, 0.3) is 0 Å². The molecule has 0 radical (unpaired) electrons. The number of piperidine rings is 1. The van der Waals surface area contributed by atoms with Crippen molar-refractivity contribution in [2.24, 2.45) is 0 Å². The van der Waals surface area contributed by atoms with Crippen LogP contribution >= 0.6 is 12.4 Å². The lowest BCUT2D eigenvalue weighted by atomic mass is 9.79. The molecule has 1 nitrogen and oxygen atoms in total. The summed E-state index contributed by atoms with van der Waals surface area (Å²) in [6.45, 7) is 13.4. The zero-order valence-corrected chi connectivity index (χ0v) is 16.2. The maximum Gasteiger partial charge on any atom is 0.0158 e. The monoisotopic (exact) mass is 317 g/mol. The number of rotatable bonds is 9. The molecule has 2 heteroatoms. The molecule has 0 aromatic heterocycles. The molecule has 1 saturated heterocycles. The average Bonchev–Trinajstić information content (AvgIpc) is 2.34. The molecule has 1 rings (SSSR count). The number of halogens is 1. The number of hydrogen-bond donors (Lipinski definition) is 0. The van der Waals surface area contributed by atoms with Crippen molar-refractivity contribution in [1.29, 1.82) is 0 Å². The molecule has 0 saturated carbocycles. The molecule has 0 unspecified atom stereocenters. The molecule has 0 N–H and O–H groups in total. The molecule has 1 heterocycles. The highest BCUT2D eigenvalue weighted by atomic mass is 35.5. The first-order valence-corrected chi connectivity index (χ1v) is 9.18. The molecular formula is C19H40ClN. The molecule has 0 aliphatic carbocycles. The summed E-state index contributed by atoms with van der Waals surface area (Å²) in [5.41, 5.74) is 0.811. The largest absolute Gasteiger partial charge is 0.293 e. The third-order valence-electron chi connectivity index (χ3n) is 5.27. The lowest BCUT2D eigenvalue weighted by Gasteiger charge is -2.53. The molecule has 0 atom stereocenters. The molecule has 0 aromatic carbocycles. The fraction of sp³-hybridized carbons (Fsp3) is 1.00. The maximum atomic E-state index is 2.79. The van der Waals surface area contributed by atoms with Crippen LogP contribution in [0.4, 0.5) is 0 Å². The fourth-order valence-electron chi connectivity index (χ4n) is 4.05. The van der Waals surface area contributed by atoms with Crippen LogP contribution in [0.15, 0.2) is 0 Å². The molecule has 0 amide bonds. The van der Waals surface area contributed by atoms with Gasteiger partial charge in [0.2, 0.25) is 0 Å². The SMILES string of the molecule is CCCCCCCCCCN1C(C)(C)CCCC1(C)C.Cl. The van der Waals surface area contributed by atoms with Gasteiger partial charge in [-0.25, -0.2) is 0 Å². The highest BCUT2D eigenvalue weighted by Gasteiger charge is 2.40. The second-order valence-electron chi connectivity index (χ2n) is 8.10. The highest BCUT2D eigenvalue weighted by molar-refractivity contribution is 5.85. The molecule has 0 bridgehead atoms. The summed E-state index contributed by atoms with van der Waals surface area (Å²) in [5.74, 6) is 0. The predicted octanol–water partition coefficient (Wildman–Crippen LogP) is 6.59. The van der Waals surface area contributed by atoms with Gasteiger partial charge in [0.1, 0.15) is 0 Å². The van der Waals surface area contributed by atoms with Crippen molar-refractivity contribution in [3.63, 3.8) is 0 Å². The van der Waals surface area contributed by atoms with Crippen molar-refractivity contribution < 1.29 is 0 Å². The molecule has 1 aliphatic rings. The van der Waals surface area contributed by atoms with Gasteiger partial charge in [0, 0.05) is 11.1 Å². The Morgan fingerprint density at radius 3 is 1.62 bits per heavy atom. The Hall–Kier alpha value is 0.250. The minimum atomic E-state index is 0. The molecule has 0 aromatic rings. The van der Waals surface area contributed by atoms with E-state index < -0.39 is 0 Å². The Morgan fingerprint density at radius 2 is 1.14 bits per heavy atom. The molecule has 0 spiro atoms. The predicted molar refractivity (Wildman–Crippen MR) is 98.6 cm³/mol. The van der Waals surface area contributed by atoms with E-state index in [0.29, 0.717) is 11.1 Å². The number of likely N-dealkylation sites (tertiary alicyclic amines) is 1.